The van der Waals surface area contributed by atoms with Crippen molar-refractivity contribution in [3.8, 4) is 11.1 Å². The molecule has 0 radical (unpaired) electrons. The molecule has 1 aromatic heterocycles. The highest BCUT2D eigenvalue weighted by molar-refractivity contribution is 9.10. The summed E-state index contributed by atoms with van der Waals surface area (Å²) in [6, 6.07) is 7.69. The first kappa shape index (κ1) is 14.8. The summed E-state index contributed by atoms with van der Waals surface area (Å²) in [4.78, 5) is 24.7. The molecule has 1 aromatic carbocycles. The van der Waals surface area contributed by atoms with Gasteiger partial charge in [-0.15, -0.1) is 0 Å². The minimum Gasteiger partial charge on any atom is -0.481 e. The van der Waals surface area contributed by atoms with Gasteiger partial charge in [-0.3, -0.25) is 19.6 Å². The molecular formula is C15H14BrN3O3. The van der Waals surface area contributed by atoms with E-state index in [4.69, 9.17) is 5.11 Å². The molecule has 0 spiro atoms. The average molecular weight is 364 g/mol. The lowest BCUT2D eigenvalue weighted by atomic mass is 10.1. The fourth-order valence-electron chi connectivity index (χ4n) is 2.65. The molecule has 2 N–H and O–H groups in total. The molecule has 0 aliphatic carbocycles. The number of aliphatic carboxylic acids is 1. The van der Waals surface area contributed by atoms with Gasteiger partial charge in [0, 0.05) is 28.7 Å². The molecule has 1 atom stereocenters. The molecule has 1 saturated heterocycles. The van der Waals surface area contributed by atoms with Crippen LogP contribution in [0.1, 0.15) is 12.1 Å². The number of H-pyrrole nitrogens is 1. The molecule has 1 unspecified atom stereocenters. The normalized spacial score (nSPS) is 18.0. The molecule has 2 heterocycles. The van der Waals surface area contributed by atoms with E-state index in [2.05, 4.69) is 26.1 Å². The van der Waals surface area contributed by atoms with Crippen LogP contribution in [0.5, 0.6) is 0 Å². The summed E-state index contributed by atoms with van der Waals surface area (Å²) in [5.74, 6) is -1.35. The Balaban J connectivity index is 2.01. The van der Waals surface area contributed by atoms with Crippen molar-refractivity contribution in [2.75, 3.05) is 11.4 Å². The van der Waals surface area contributed by atoms with E-state index in [-0.39, 0.29) is 18.9 Å². The number of amides is 1. The van der Waals surface area contributed by atoms with Crippen LogP contribution in [0.2, 0.25) is 0 Å². The van der Waals surface area contributed by atoms with Crippen LogP contribution < -0.4 is 4.90 Å². The molecule has 1 aliphatic heterocycles. The number of carbonyl (C=O) groups excluding carboxylic acids is 1. The van der Waals surface area contributed by atoms with E-state index in [0.717, 1.165) is 21.3 Å². The highest BCUT2D eigenvalue weighted by Crippen LogP contribution is 2.35. The largest absolute Gasteiger partial charge is 0.481 e. The maximum atomic E-state index is 12.1. The highest BCUT2D eigenvalue weighted by atomic mass is 79.9. The van der Waals surface area contributed by atoms with Crippen LogP contribution in [-0.4, -0.2) is 33.7 Å². The van der Waals surface area contributed by atoms with E-state index in [1.807, 2.05) is 31.2 Å². The summed E-state index contributed by atoms with van der Waals surface area (Å²) in [5.41, 5.74) is 2.59. The molecule has 7 heteroatoms. The number of aromatic nitrogens is 2. The maximum absolute atomic E-state index is 12.1. The highest BCUT2D eigenvalue weighted by Gasteiger charge is 2.37. The smallest absolute Gasteiger partial charge is 0.308 e. The standard InChI is InChI=1S/C15H14BrN3O3/c1-8-13(9-2-4-11(16)5-3-9)14(18-17-8)19-7-10(15(21)22)6-12(19)20/h2-5,10H,6-7H2,1H3,(H,17,18)(H,21,22). The molecule has 0 saturated carbocycles. The van der Waals surface area contributed by atoms with E-state index < -0.39 is 11.9 Å². The van der Waals surface area contributed by atoms with Crippen LogP contribution in [0.4, 0.5) is 5.82 Å². The van der Waals surface area contributed by atoms with Crippen molar-refractivity contribution >= 4 is 33.6 Å². The number of nitrogens with one attached hydrogen (secondary N) is 1. The Hall–Kier alpha value is -2.15. The second kappa shape index (κ2) is 5.57. The predicted octanol–water partition coefficient (Wildman–Crippen LogP) is 2.59. The predicted molar refractivity (Wildman–Crippen MR) is 84.6 cm³/mol. The Labute approximate surface area is 135 Å². The lowest BCUT2D eigenvalue weighted by Crippen LogP contribution is -2.26. The van der Waals surface area contributed by atoms with Crippen LogP contribution in [0.15, 0.2) is 28.7 Å². The number of halogens is 1. The Morgan fingerprint density at radius 3 is 2.68 bits per heavy atom. The van der Waals surface area contributed by atoms with Gasteiger partial charge >= 0.3 is 5.97 Å². The number of anilines is 1. The third kappa shape index (κ3) is 2.52. The fraction of sp³-hybridized carbons (Fsp3) is 0.267. The summed E-state index contributed by atoms with van der Waals surface area (Å²) >= 11 is 3.39. The summed E-state index contributed by atoms with van der Waals surface area (Å²) in [5, 5.41) is 16.2. The zero-order valence-corrected chi connectivity index (χ0v) is 13.4. The molecule has 3 rings (SSSR count). The van der Waals surface area contributed by atoms with Crippen LogP contribution in [0.25, 0.3) is 11.1 Å². The molecule has 0 bridgehead atoms. The summed E-state index contributed by atoms with van der Waals surface area (Å²) in [6.07, 6.45) is 0.0149. The molecule has 1 amide bonds. The number of carboxylic acids is 1. The fourth-order valence-corrected chi connectivity index (χ4v) is 2.92. The molecule has 6 nitrogen and oxygen atoms in total. The van der Waals surface area contributed by atoms with Crippen molar-refractivity contribution in [3.05, 3.63) is 34.4 Å². The van der Waals surface area contributed by atoms with Gasteiger partial charge in [-0.25, -0.2) is 0 Å². The SMILES string of the molecule is Cc1[nH]nc(N2CC(C(=O)O)CC2=O)c1-c1ccc(Br)cc1. The quantitative estimate of drug-likeness (QED) is 0.877. The Kier molecular flexibility index (Phi) is 3.74. The summed E-state index contributed by atoms with van der Waals surface area (Å²) < 4.78 is 0.960. The second-order valence-corrected chi connectivity index (χ2v) is 6.21. The van der Waals surface area contributed by atoms with Crippen molar-refractivity contribution in [2.45, 2.75) is 13.3 Å². The van der Waals surface area contributed by atoms with Crippen LogP contribution in [-0.2, 0) is 9.59 Å². The van der Waals surface area contributed by atoms with Crippen LogP contribution in [0.3, 0.4) is 0 Å². The lowest BCUT2D eigenvalue weighted by Gasteiger charge is -2.15. The number of hydrogen-bond acceptors (Lipinski definition) is 3. The number of rotatable bonds is 3. The Bertz CT molecular complexity index is 739. The lowest BCUT2D eigenvalue weighted by molar-refractivity contribution is -0.141. The Morgan fingerprint density at radius 1 is 1.41 bits per heavy atom. The number of nitrogens with zero attached hydrogens (tertiary/aromatic N) is 2. The third-order valence-corrected chi connectivity index (χ3v) is 4.32. The molecule has 114 valence electrons. The van der Waals surface area contributed by atoms with E-state index in [9.17, 15) is 9.59 Å². The van der Waals surface area contributed by atoms with Gasteiger partial charge in [0.05, 0.1) is 5.92 Å². The molecule has 1 aliphatic rings. The van der Waals surface area contributed by atoms with Gasteiger partial charge in [-0.2, -0.15) is 5.10 Å². The van der Waals surface area contributed by atoms with E-state index in [1.54, 1.807) is 0 Å². The minimum absolute atomic E-state index is 0.0149. The van der Waals surface area contributed by atoms with Crippen molar-refractivity contribution in [1.82, 2.24) is 10.2 Å². The number of carbonyl (C=O) groups is 2. The molecule has 22 heavy (non-hydrogen) atoms. The summed E-state index contributed by atoms with van der Waals surface area (Å²) in [6.45, 7) is 2.03. The first-order valence-electron chi connectivity index (χ1n) is 6.81. The minimum atomic E-state index is -0.951. The zero-order chi connectivity index (χ0) is 15.9. The van der Waals surface area contributed by atoms with Crippen molar-refractivity contribution < 1.29 is 14.7 Å². The first-order valence-corrected chi connectivity index (χ1v) is 7.60. The molecular weight excluding hydrogens is 350 g/mol. The van der Waals surface area contributed by atoms with Gasteiger partial charge in [-0.05, 0) is 24.6 Å². The topological polar surface area (TPSA) is 86.3 Å². The van der Waals surface area contributed by atoms with Gasteiger partial charge in [0.25, 0.3) is 0 Å². The number of aromatic amines is 1. The van der Waals surface area contributed by atoms with Crippen molar-refractivity contribution in [3.63, 3.8) is 0 Å². The number of benzene rings is 1. The number of aryl methyl sites for hydroxylation is 1. The molecule has 1 fully saturated rings. The average Bonchev–Trinajstić information content (AvgIpc) is 3.03. The van der Waals surface area contributed by atoms with Gasteiger partial charge < -0.3 is 5.11 Å². The Morgan fingerprint density at radius 2 is 2.09 bits per heavy atom. The van der Waals surface area contributed by atoms with E-state index >= 15 is 0 Å². The number of hydrogen-bond donors (Lipinski definition) is 2. The monoisotopic (exact) mass is 363 g/mol. The molecule has 2 aromatic rings. The van der Waals surface area contributed by atoms with Gasteiger partial charge in [0.15, 0.2) is 5.82 Å². The van der Waals surface area contributed by atoms with Gasteiger partial charge in [0.1, 0.15) is 0 Å². The van der Waals surface area contributed by atoms with Crippen LogP contribution >= 0.6 is 15.9 Å². The zero-order valence-electron chi connectivity index (χ0n) is 11.8. The summed E-state index contributed by atoms with van der Waals surface area (Å²) in [7, 11) is 0. The van der Waals surface area contributed by atoms with E-state index in [1.165, 1.54) is 4.90 Å². The second-order valence-electron chi connectivity index (χ2n) is 5.30. The van der Waals surface area contributed by atoms with Crippen molar-refractivity contribution in [1.29, 1.82) is 0 Å². The van der Waals surface area contributed by atoms with E-state index in [0.29, 0.717) is 5.82 Å². The first-order chi connectivity index (χ1) is 10.5. The third-order valence-electron chi connectivity index (χ3n) is 3.79. The van der Waals surface area contributed by atoms with Gasteiger partial charge in [0.2, 0.25) is 5.91 Å². The van der Waals surface area contributed by atoms with Gasteiger partial charge in [-0.1, -0.05) is 28.1 Å². The van der Waals surface area contributed by atoms with Crippen LogP contribution in [0, 0.1) is 12.8 Å². The maximum Gasteiger partial charge on any atom is 0.308 e. The number of carboxylic acid groups (broad SMARTS) is 1. The van der Waals surface area contributed by atoms with Crippen molar-refractivity contribution in [2.24, 2.45) is 5.92 Å².